The van der Waals surface area contributed by atoms with Gasteiger partial charge in [0.05, 0.1) is 18.7 Å². The van der Waals surface area contributed by atoms with E-state index in [0.29, 0.717) is 16.6 Å². The van der Waals surface area contributed by atoms with Gasteiger partial charge in [0.1, 0.15) is 5.69 Å². The van der Waals surface area contributed by atoms with Crippen molar-refractivity contribution in [2.75, 3.05) is 6.61 Å². The number of hydrogen-bond donors (Lipinski definition) is 0. The number of esters is 1. The average Bonchev–Trinajstić information content (AvgIpc) is 2.30. The molecular weight excluding hydrogens is 376 g/mol. The van der Waals surface area contributed by atoms with Gasteiger partial charge in [-0.05, 0) is 34.5 Å². The molecule has 0 spiro atoms. The lowest BCUT2D eigenvalue weighted by Gasteiger charge is -2.10. The van der Waals surface area contributed by atoms with Crippen molar-refractivity contribution in [3.63, 3.8) is 0 Å². The van der Waals surface area contributed by atoms with E-state index in [1.54, 1.807) is 6.92 Å². The van der Waals surface area contributed by atoms with E-state index in [9.17, 15) is 13.6 Å². The molecule has 0 aliphatic carbocycles. The van der Waals surface area contributed by atoms with Crippen LogP contribution in [0, 0.1) is 0 Å². The summed E-state index contributed by atoms with van der Waals surface area (Å²) in [6.45, 7) is 1.93. The second kappa shape index (κ2) is 7.13. The molecular formula is C11H11Br2F2NO2. The number of pyridine rings is 1. The van der Waals surface area contributed by atoms with Gasteiger partial charge in [0.15, 0.2) is 0 Å². The topological polar surface area (TPSA) is 39.2 Å². The Morgan fingerprint density at radius 2 is 2.22 bits per heavy atom. The van der Waals surface area contributed by atoms with Crippen LogP contribution in [0.4, 0.5) is 8.78 Å². The van der Waals surface area contributed by atoms with Crippen molar-refractivity contribution in [3.8, 4) is 0 Å². The zero-order valence-corrected chi connectivity index (χ0v) is 12.7. The van der Waals surface area contributed by atoms with Gasteiger partial charge in [0.25, 0.3) is 6.43 Å². The lowest BCUT2D eigenvalue weighted by Crippen LogP contribution is -2.12. The Labute approximate surface area is 120 Å². The van der Waals surface area contributed by atoms with Gasteiger partial charge in [-0.2, -0.15) is 0 Å². The molecule has 0 saturated carbocycles. The molecule has 0 unspecified atom stereocenters. The maximum absolute atomic E-state index is 12.7. The van der Waals surface area contributed by atoms with Crippen LogP contribution in [0.15, 0.2) is 10.5 Å². The Morgan fingerprint density at radius 1 is 1.56 bits per heavy atom. The van der Waals surface area contributed by atoms with Gasteiger partial charge in [0.2, 0.25) is 0 Å². The van der Waals surface area contributed by atoms with Crippen molar-refractivity contribution < 1.29 is 18.3 Å². The molecule has 0 fully saturated rings. The quantitative estimate of drug-likeness (QED) is 0.571. The lowest BCUT2D eigenvalue weighted by molar-refractivity contribution is -0.142. The predicted molar refractivity (Wildman–Crippen MR) is 69.9 cm³/mol. The predicted octanol–water partition coefficient (Wildman–Crippen LogP) is 3.78. The third-order valence-electron chi connectivity index (χ3n) is 2.14. The smallest absolute Gasteiger partial charge is 0.311 e. The molecule has 1 aromatic rings. The highest BCUT2D eigenvalue weighted by Crippen LogP contribution is 2.28. The fourth-order valence-electron chi connectivity index (χ4n) is 1.35. The summed E-state index contributed by atoms with van der Waals surface area (Å²) in [5, 5.41) is 0.427. The number of hydrogen-bond acceptors (Lipinski definition) is 3. The first-order valence-electron chi connectivity index (χ1n) is 5.17. The third kappa shape index (κ3) is 3.98. The fourth-order valence-corrected chi connectivity index (χ4v) is 2.37. The Morgan fingerprint density at radius 3 is 2.72 bits per heavy atom. The van der Waals surface area contributed by atoms with Gasteiger partial charge < -0.3 is 4.74 Å². The minimum Gasteiger partial charge on any atom is -0.466 e. The van der Waals surface area contributed by atoms with Crippen LogP contribution in [-0.2, 0) is 21.3 Å². The van der Waals surface area contributed by atoms with Gasteiger partial charge in [-0.3, -0.25) is 4.79 Å². The Balaban J connectivity index is 3.08. The number of carbonyl (C=O) groups excluding carboxylic acids is 1. The molecule has 100 valence electrons. The number of carbonyl (C=O) groups is 1. The molecule has 18 heavy (non-hydrogen) atoms. The normalized spacial score (nSPS) is 10.8. The van der Waals surface area contributed by atoms with Crippen molar-refractivity contribution in [3.05, 3.63) is 27.5 Å². The van der Waals surface area contributed by atoms with Crippen LogP contribution >= 0.6 is 31.9 Å². The van der Waals surface area contributed by atoms with Crippen LogP contribution in [0.25, 0.3) is 0 Å². The minimum absolute atomic E-state index is 0.109. The molecule has 0 saturated heterocycles. The summed E-state index contributed by atoms with van der Waals surface area (Å²) in [5.74, 6) is -0.477. The molecule has 1 aromatic heterocycles. The van der Waals surface area contributed by atoms with Gasteiger partial charge >= 0.3 is 5.97 Å². The molecule has 3 nitrogen and oxygen atoms in total. The van der Waals surface area contributed by atoms with E-state index in [2.05, 4.69) is 36.8 Å². The zero-order valence-electron chi connectivity index (χ0n) is 9.55. The van der Waals surface area contributed by atoms with Gasteiger partial charge in [-0.25, -0.2) is 13.8 Å². The molecule has 7 heteroatoms. The van der Waals surface area contributed by atoms with Crippen LogP contribution < -0.4 is 0 Å². The highest BCUT2D eigenvalue weighted by molar-refractivity contribution is 9.10. The van der Waals surface area contributed by atoms with Crippen LogP contribution in [0.1, 0.15) is 30.3 Å². The monoisotopic (exact) mass is 385 g/mol. The van der Waals surface area contributed by atoms with Crippen molar-refractivity contribution in [2.45, 2.75) is 25.1 Å². The fraction of sp³-hybridized carbons (Fsp3) is 0.455. The second-order valence-electron chi connectivity index (χ2n) is 3.38. The molecule has 1 rings (SSSR count). The SMILES string of the molecule is CCOC(=O)Cc1nc(C(F)F)c(Br)cc1CBr. The van der Waals surface area contributed by atoms with E-state index in [1.165, 1.54) is 6.07 Å². The van der Waals surface area contributed by atoms with Crippen LogP contribution in [0.3, 0.4) is 0 Å². The largest absolute Gasteiger partial charge is 0.466 e. The van der Waals surface area contributed by atoms with Crippen molar-refractivity contribution in [1.29, 1.82) is 0 Å². The van der Waals surface area contributed by atoms with Crippen molar-refractivity contribution in [1.82, 2.24) is 4.98 Å². The Hall–Kier alpha value is -0.560. The number of ether oxygens (including phenoxy) is 1. The summed E-state index contributed by atoms with van der Waals surface area (Å²) in [6, 6.07) is 1.54. The first-order chi connectivity index (χ1) is 8.49. The number of rotatable bonds is 5. The van der Waals surface area contributed by atoms with E-state index in [-0.39, 0.29) is 23.2 Å². The van der Waals surface area contributed by atoms with E-state index < -0.39 is 12.4 Å². The first-order valence-corrected chi connectivity index (χ1v) is 7.09. The van der Waals surface area contributed by atoms with Crippen LogP contribution in [-0.4, -0.2) is 17.6 Å². The van der Waals surface area contributed by atoms with Crippen LogP contribution in [0.5, 0.6) is 0 Å². The molecule has 0 atom stereocenters. The van der Waals surface area contributed by atoms with E-state index in [1.807, 2.05) is 0 Å². The van der Waals surface area contributed by atoms with E-state index in [4.69, 9.17) is 4.74 Å². The van der Waals surface area contributed by atoms with Crippen molar-refractivity contribution >= 4 is 37.8 Å². The maximum Gasteiger partial charge on any atom is 0.311 e. The van der Waals surface area contributed by atoms with E-state index >= 15 is 0 Å². The minimum atomic E-state index is -2.69. The summed E-state index contributed by atoms with van der Waals surface area (Å²) < 4.78 is 30.4. The maximum atomic E-state index is 12.7. The zero-order chi connectivity index (χ0) is 13.7. The number of alkyl halides is 3. The summed E-state index contributed by atoms with van der Waals surface area (Å²) in [4.78, 5) is 15.2. The second-order valence-corrected chi connectivity index (χ2v) is 4.79. The Kier molecular flexibility index (Phi) is 6.14. The standard InChI is InChI=1S/C11H11Br2F2NO2/c1-2-18-9(17)4-8-6(5-12)3-7(13)10(16-8)11(14)15/h3,11H,2,4-5H2,1H3. The summed E-state index contributed by atoms with van der Waals surface area (Å²) in [5.41, 5.74) is 0.627. The number of aromatic nitrogens is 1. The summed E-state index contributed by atoms with van der Waals surface area (Å²) in [6.07, 6.45) is -2.80. The summed E-state index contributed by atoms with van der Waals surface area (Å²) >= 11 is 6.27. The molecule has 0 aliphatic rings. The average molecular weight is 387 g/mol. The van der Waals surface area contributed by atoms with Crippen LogP contribution in [0.2, 0.25) is 0 Å². The lowest BCUT2D eigenvalue weighted by atomic mass is 10.1. The third-order valence-corrected chi connectivity index (χ3v) is 3.38. The molecule has 0 radical (unpaired) electrons. The highest BCUT2D eigenvalue weighted by atomic mass is 79.9. The molecule has 0 bridgehead atoms. The van der Waals surface area contributed by atoms with Crippen molar-refractivity contribution in [2.24, 2.45) is 0 Å². The van der Waals surface area contributed by atoms with Gasteiger partial charge in [-0.15, -0.1) is 0 Å². The van der Waals surface area contributed by atoms with E-state index in [0.717, 1.165) is 0 Å². The molecule has 1 heterocycles. The van der Waals surface area contributed by atoms with Gasteiger partial charge in [0, 0.05) is 9.80 Å². The molecule has 0 amide bonds. The van der Waals surface area contributed by atoms with Gasteiger partial charge in [-0.1, -0.05) is 15.9 Å². The first kappa shape index (κ1) is 15.5. The molecule has 0 N–H and O–H groups in total. The number of halogens is 4. The number of nitrogens with zero attached hydrogens (tertiary/aromatic N) is 1. The summed E-state index contributed by atoms with van der Waals surface area (Å²) in [7, 11) is 0. The molecule has 0 aliphatic heterocycles. The highest BCUT2D eigenvalue weighted by Gasteiger charge is 2.18. The molecule has 0 aromatic carbocycles. The Bertz CT molecular complexity index is 441.